The van der Waals surface area contributed by atoms with Crippen molar-refractivity contribution in [2.75, 3.05) is 40.9 Å². The van der Waals surface area contributed by atoms with Crippen LogP contribution in [0.15, 0.2) is 12.2 Å². The molecule has 0 radical (unpaired) electrons. The number of unbranched alkanes of at least 4 members (excludes halogenated alkanes) is 24. The molecule has 11 heteroatoms. The monoisotopic (exact) mass is 768 g/mol. The smallest absolute Gasteiger partial charge is 0.387 e. The van der Waals surface area contributed by atoms with Crippen LogP contribution in [0.2, 0.25) is 0 Å². The second kappa shape index (κ2) is 32.4. The van der Waals surface area contributed by atoms with Gasteiger partial charge in [0, 0.05) is 6.42 Å². The van der Waals surface area contributed by atoms with E-state index < -0.39 is 44.8 Å². The molecule has 0 aromatic rings. The highest BCUT2D eigenvalue weighted by Crippen LogP contribution is 2.43. The zero-order valence-corrected chi connectivity index (χ0v) is 35.1. The van der Waals surface area contributed by atoms with Crippen molar-refractivity contribution in [3.05, 3.63) is 12.2 Å². The Hall–Kier alpha value is -0.900. The number of hydrogen-bond donors (Lipinski definition) is 3. The van der Waals surface area contributed by atoms with Gasteiger partial charge in [0.1, 0.15) is 13.2 Å². The van der Waals surface area contributed by atoms with Crippen molar-refractivity contribution < 1.29 is 41.7 Å². The van der Waals surface area contributed by atoms with Crippen molar-refractivity contribution in [1.29, 1.82) is 0 Å². The van der Waals surface area contributed by atoms with Crippen LogP contribution >= 0.6 is 7.82 Å². The summed E-state index contributed by atoms with van der Waals surface area (Å²) in [5, 5.41) is 13.0. The van der Waals surface area contributed by atoms with E-state index >= 15 is 0 Å². The second-order valence-electron chi connectivity index (χ2n) is 16.0. The molecule has 0 aliphatic heterocycles. The molecule has 0 fully saturated rings. The minimum absolute atomic E-state index is 0.0625. The van der Waals surface area contributed by atoms with Crippen LogP contribution in [0.3, 0.4) is 0 Å². The molecule has 0 aromatic heterocycles. The lowest BCUT2D eigenvalue weighted by Crippen LogP contribution is -2.51. The Labute approximate surface area is 318 Å². The number of amides is 1. The molecule has 52 heavy (non-hydrogen) atoms. The number of nitrogens with zero attached hydrogens (tertiary/aromatic N) is 1. The number of alkyl halides is 2. The Morgan fingerprint density at radius 2 is 1.12 bits per heavy atom. The summed E-state index contributed by atoms with van der Waals surface area (Å²) in [6.07, 6.45) is 30.7. The third kappa shape index (κ3) is 32.5. The molecule has 3 N–H and O–H groups in total. The first-order valence-electron chi connectivity index (χ1n) is 21.2. The molecule has 310 valence electrons. The third-order valence-electron chi connectivity index (χ3n) is 9.65. The number of carbonyl (C=O) groups is 1. The Morgan fingerprint density at radius 1 is 0.712 bits per heavy atom. The first-order chi connectivity index (χ1) is 24.7. The molecule has 0 rings (SSSR count). The Morgan fingerprint density at radius 3 is 1.54 bits per heavy atom. The highest BCUT2D eigenvalue weighted by molar-refractivity contribution is 7.47. The number of rotatable bonds is 38. The van der Waals surface area contributed by atoms with Crippen LogP contribution in [-0.4, -0.2) is 79.4 Å². The maximum Gasteiger partial charge on any atom is 0.472 e. The number of likely N-dealkylation sites (N-methyl/N-ethyl adjacent to an activating group) is 1. The van der Waals surface area contributed by atoms with E-state index in [-0.39, 0.29) is 13.0 Å². The van der Waals surface area contributed by atoms with E-state index in [1.807, 2.05) is 21.1 Å². The number of allylic oxidation sites excluding steroid dienone is 1. The van der Waals surface area contributed by atoms with Crippen molar-refractivity contribution in [1.82, 2.24) is 5.32 Å². The van der Waals surface area contributed by atoms with Crippen LogP contribution in [0.4, 0.5) is 8.78 Å². The number of aliphatic hydroxyl groups is 1. The summed E-state index contributed by atoms with van der Waals surface area (Å²) in [6.45, 7) is 4.17. The summed E-state index contributed by atoms with van der Waals surface area (Å²) < 4.78 is 53.0. The lowest BCUT2D eigenvalue weighted by atomic mass is 10.0. The molecule has 0 saturated heterocycles. The number of nitrogens with one attached hydrogen (secondary N) is 1. The predicted molar refractivity (Wildman–Crippen MR) is 213 cm³/mol. The molecule has 1 amide bonds. The maximum atomic E-state index is 14.9. The fourth-order valence-electron chi connectivity index (χ4n) is 6.09. The normalized spacial score (nSPS) is 14.9. The molecule has 0 spiro atoms. The van der Waals surface area contributed by atoms with Crippen molar-refractivity contribution in [2.24, 2.45) is 0 Å². The molecule has 0 aliphatic carbocycles. The number of aliphatic hydroxyl groups excluding tert-OH is 1. The zero-order chi connectivity index (χ0) is 39.0. The van der Waals surface area contributed by atoms with Crippen molar-refractivity contribution in [3.8, 4) is 0 Å². The average Bonchev–Trinajstić information content (AvgIpc) is 3.07. The van der Waals surface area contributed by atoms with E-state index in [9.17, 15) is 28.1 Å². The van der Waals surface area contributed by atoms with Gasteiger partial charge in [-0.05, 0) is 19.3 Å². The van der Waals surface area contributed by atoms with Crippen LogP contribution < -0.4 is 5.32 Å². The summed E-state index contributed by atoms with van der Waals surface area (Å²) in [5.74, 6) is -5.16. The minimum atomic E-state index is -4.55. The highest BCUT2D eigenvalue weighted by Gasteiger charge is 2.40. The molecule has 0 aromatic carbocycles. The molecule has 0 aliphatic rings. The van der Waals surface area contributed by atoms with Gasteiger partial charge < -0.3 is 19.8 Å². The van der Waals surface area contributed by atoms with Crippen molar-refractivity contribution in [2.45, 2.75) is 205 Å². The number of hydrogen-bond acceptors (Lipinski definition) is 5. The van der Waals surface area contributed by atoms with Crippen LogP contribution in [-0.2, 0) is 18.4 Å². The zero-order valence-electron chi connectivity index (χ0n) is 34.2. The average molecular weight is 768 g/mol. The summed E-state index contributed by atoms with van der Waals surface area (Å²) in [4.78, 5) is 22.9. The molecule has 8 nitrogen and oxygen atoms in total. The van der Waals surface area contributed by atoms with Crippen molar-refractivity contribution in [3.63, 3.8) is 0 Å². The number of carbonyl (C=O) groups excluding carboxylic acids is 1. The van der Waals surface area contributed by atoms with Gasteiger partial charge in [0.2, 0.25) is 0 Å². The molecular formula is C41H82F2N2O6P+. The topological polar surface area (TPSA) is 105 Å². The van der Waals surface area contributed by atoms with Gasteiger partial charge in [0.25, 0.3) is 5.91 Å². The van der Waals surface area contributed by atoms with Gasteiger partial charge in [-0.15, -0.1) is 0 Å². The standard InChI is InChI=1S/C41H81F2N2O6P/c1-6-8-10-12-14-16-18-20-22-24-26-28-30-32-34-41(42,43)40(47)44-38(37-51-52(48,49)50-36-35-45(3,4)5)39(46)33-31-29-27-25-23-21-19-17-15-13-11-9-7-2/h31,33,38-39,46H,6-30,32,34-37H2,1-5H3,(H-,44,47,48,49)/p+1/b33-31+/t38-,39+/m0/s1. The molecular weight excluding hydrogens is 685 g/mol. The van der Waals surface area contributed by atoms with Crippen LogP contribution in [0, 0.1) is 0 Å². The van der Waals surface area contributed by atoms with E-state index in [0.717, 1.165) is 38.5 Å². The predicted octanol–water partition coefficient (Wildman–Crippen LogP) is 11.4. The highest BCUT2D eigenvalue weighted by atomic mass is 31.2. The Bertz CT molecular complexity index is 918. The van der Waals surface area contributed by atoms with E-state index in [0.29, 0.717) is 23.9 Å². The van der Waals surface area contributed by atoms with E-state index in [2.05, 4.69) is 19.2 Å². The number of phosphoric ester groups is 1. The largest absolute Gasteiger partial charge is 0.472 e. The van der Waals surface area contributed by atoms with Crippen LogP contribution in [0.25, 0.3) is 0 Å². The maximum absolute atomic E-state index is 14.9. The van der Waals surface area contributed by atoms with E-state index in [4.69, 9.17) is 9.05 Å². The van der Waals surface area contributed by atoms with Gasteiger partial charge in [-0.25, -0.2) is 4.57 Å². The second-order valence-corrected chi connectivity index (χ2v) is 17.4. The molecule has 1 unspecified atom stereocenters. The minimum Gasteiger partial charge on any atom is -0.387 e. The van der Waals surface area contributed by atoms with Gasteiger partial charge in [-0.3, -0.25) is 13.8 Å². The van der Waals surface area contributed by atoms with Gasteiger partial charge >= 0.3 is 13.7 Å². The van der Waals surface area contributed by atoms with Crippen LogP contribution in [0.5, 0.6) is 0 Å². The van der Waals surface area contributed by atoms with E-state index in [1.165, 1.54) is 115 Å². The summed E-state index contributed by atoms with van der Waals surface area (Å²) in [5.41, 5.74) is 0. The van der Waals surface area contributed by atoms with Gasteiger partial charge in [-0.2, -0.15) is 8.78 Å². The molecule has 0 bridgehead atoms. The fraction of sp³-hybridized carbons (Fsp3) is 0.927. The SMILES string of the molecule is CCCCCCCCCCCCC/C=C/[C@@H](O)[C@H](COP(=O)(O)OCC[N+](C)(C)C)NC(=O)C(F)(F)CCCCCCCCCCCCCCCC. The number of quaternary nitrogens is 1. The quantitative estimate of drug-likeness (QED) is 0.0250. The summed E-state index contributed by atoms with van der Waals surface area (Å²) in [6, 6.07) is -1.36. The molecule has 0 heterocycles. The Balaban J connectivity index is 4.73. The molecule has 0 saturated carbocycles. The Kier molecular flexibility index (Phi) is 31.8. The third-order valence-corrected chi connectivity index (χ3v) is 10.6. The molecule has 3 atom stereocenters. The first-order valence-corrected chi connectivity index (χ1v) is 22.7. The van der Waals surface area contributed by atoms with Crippen molar-refractivity contribution >= 4 is 13.7 Å². The fourth-order valence-corrected chi connectivity index (χ4v) is 6.83. The van der Waals surface area contributed by atoms with Crippen LogP contribution in [0.1, 0.15) is 187 Å². The summed E-state index contributed by atoms with van der Waals surface area (Å²) >= 11 is 0. The number of phosphoric acid groups is 1. The van der Waals surface area contributed by atoms with Gasteiger partial charge in [-0.1, -0.05) is 174 Å². The van der Waals surface area contributed by atoms with E-state index in [1.54, 1.807) is 6.08 Å². The first kappa shape index (κ1) is 51.1. The van der Waals surface area contributed by atoms with Gasteiger partial charge in [0.05, 0.1) is 39.9 Å². The number of halogens is 2. The lowest BCUT2D eigenvalue weighted by Gasteiger charge is -2.26. The lowest BCUT2D eigenvalue weighted by molar-refractivity contribution is -0.870. The summed E-state index contributed by atoms with van der Waals surface area (Å²) in [7, 11) is 1.15. The van der Waals surface area contributed by atoms with Gasteiger partial charge in [0.15, 0.2) is 0 Å².